The molecular formula is C12H18N4O. The topological polar surface area (TPSA) is 72.1 Å². The van der Waals surface area contributed by atoms with Gasteiger partial charge in [-0.2, -0.15) is 0 Å². The predicted molar refractivity (Wildman–Crippen MR) is 64.4 cm³/mol. The summed E-state index contributed by atoms with van der Waals surface area (Å²) in [4.78, 5) is 22.1. The molecule has 0 radical (unpaired) electrons. The SMILES string of the molecule is Cc1cnc(C(=O)N2CCC(C)C(N)C2)cn1. The molecule has 0 aromatic carbocycles. The standard InChI is InChI=1S/C12H18N4O/c1-8-3-4-16(7-10(8)13)12(17)11-6-14-9(2)5-15-11/h5-6,8,10H,3-4,7,13H2,1-2H3. The summed E-state index contributed by atoms with van der Waals surface area (Å²) >= 11 is 0. The fourth-order valence-corrected chi connectivity index (χ4v) is 1.95. The van der Waals surface area contributed by atoms with E-state index in [4.69, 9.17) is 5.73 Å². The largest absolute Gasteiger partial charge is 0.336 e. The molecule has 2 heterocycles. The van der Waals surface area contributed by atoms with Crippen LogP contribution in [0.1, 0.15) is 29.5 Å². The van der Waals surface area contributed by atoms with E-state index in [0.29, 0.717) is 18.2 Å². The van der Waals surface area contributed by atoms with Crippen LogP contribution in [0.5, 0.6) is 0 Å². The number of amides is 1. The number of hydrogen-bond acceptors (Lipinski definition) is 4. The molecule has 1 aromatic rings. The Morgan fingerprint density at radius 1 is 1.47 bits per heavy atom. The Balaban J connectivity index is 2.08. The number of carbonyl (C=O) groups excluding carboxylic acids is 1. The van der Waals surface area contributed by atoms with E-state index in [0.717, 1.165) is 18.7 Å². The number of piperidine rings is 1. The van der Waals surface area contributed by atoms with E-state index in [1.165, 1.54) is 6.20 Å². The van der Waals surface area contributed by atoms with E-state index < -0.39 is 0 Å². The van der Waals surface area contributed by atoms with Gasteiger partial charge >= 0.3 is 0 Å². The highest BCUT2D eigenvalue weighted by Crippen LogP contribution is 2.16. The van der Waals surface area contributed by atoms with E-state index in [1.807, 2.05) is 6.92 Å². The van der Waals surface area contributed by atoms with Crippen LogP contribution >= 0.6 is 0 Å². The van der Waals surface area contributed by atoms with Gasteiger partial charge in [0.1, 0.15) is 5.69 Å². The van der Waals surface area contributed by atoms with E-state index in [-0.39, 0.29) is 11.9 Å². The summed E-state index contributed by atoms with van der Waals surface area (Å²) in [5, 5.41) is 0. The van der Waals surface area contributed by atoms with Crippen molar-refractivity contribution >= 4 is 5.91 Å². The highest BCUT2D eigenvalue weighted by molar-refractivity contribution is 5.92. The van der Waals surface area contributed by atoms with Gasteiger partial charge in [-0.05, 0) is 19.3 Å². The Morgan fingerprint density at radius 3 is 2.82 bits per heavy atom. The van der Waals surface area contributed by atoms with Gasteiger partial charge in [-0.1, -0.05) is 6.92 Å². The Kier molecular flexibility index (Phi) is 3.38. The summed E-state index contributed by atoms with van der Waals surface area (Å²) < 4.78 is 0. The van der Waals surface area contributed by atoms with Gasteiger partial charge in [0.25, 0.3) is 5.91 Å². The minimum absolute atomic E-state index is 0.0612. The maximum absolute atomic E-state index is 12.1. The number of likely N-dealkylation sites (tertiary alicyclic amines) is 1. The number of nitrogens with zero attached hydrogens (tertiary/aromatic N) is 3. The van der Waals surface area contributed by atoms with Crippen LogP contribution in [0.15, 0.2) is 12.4 Å². The molecule has 92 valence electrons. The maximum Gasteiger partial charge on any atom is 0.274 e. The second-order valence-corrected chi connectivity index (χ2v) is 4.72. The fraction of sp³-hybridized carbons (Fsp3) is 0.583. The number of rotatable bonds is 1. The van der Waals surface area contributed by atoms with Crippen molar-refractivity contribution in [2.45, 2.75) is 26.3 Å². The molecule has 1 aromatic heterocycles. The summed E-state index contributed by atoms with van der Waals surface area (Å²) in [6, 6.07) is 0.0612. The van der Waals surface area contributed by atoms with Crippen molar-refractivity contribution in [3.05, 3.63) is 23.8 Å². The first kappa shape index (κ1) is 12.0. The van der Waals surface area contributed by atoms with Crippen molar-refractivity contribution in [1.29, 1.82) is 0 Å². The number of aryl methyl sites for hydroxylation is 1. The van der Waals surface area contributed by atoms with Crippen LogP contribution in [0.25, 0.3) is 0 Å². The monoisotopic (exact) mass is 234 g/mol. The summed E-state index contributed by atoms with van der Waals surface area (Å²) in [6.07, 6.45) is 4.09. The first-order valence-corrected chi connectivity index (χ1v) is 5.91. The lowest BCUT2D eigenvalue weighted by Crippen LogP contribution is -2.49. The Labute approximate surface area is 101 Å². The van der Waals surface area contributed by atoms with Crippen molar-refractivity contribution in [3.8, 4) is 0 Å². The molecule has 2 unspecified atom stereocenters. The van der Waals surface area contributed by atoms with Crippen LogP contribution in [0.2, 0.25) is 0 Å². The molecular weight excluding hydrogens is 216 g/mol. The van der Waals surface area contributed by atoms with Crippen LogP contribution < -0.4 is 5.73 Å². The van der Waals surface area contributed by atoms with Gasteiger partial charge in [-0.3, -0.25) is 9.78 Å². The molecule has 2 atom stereocenters. The van der Waals surface area contributed by atoms with Crippen LogP contribution in [-0.4, -0.2) is 39.9 Å². The zero-order valence-electron chi connectivity index (χ0n) is 10.3. The van der Waals surface area contributed by atoms with Gasteiger partial charge in [0.05, 0.1) is 11.9 Å². The zero-order valence-corrected chi connectivity index (χ0v) is 10.3. The number of carbonyl (C=O) groups is 1. The van der Waals surface area contributed by atoms with Gasteiger partial charge in [0, 0.05) is 25.3 Å². The fourth-order valence-electron chi connectivity index (χ4n) is 1.95. The quantitative estimate of drug-likeness (QED) is 0.772. The molecule has 17 heavy (non-hydrogen) atoms. The smallest absolute Gasteiger partial charge is 0.274 e. The lowest BCUT2D eigenvalue weighted by molar-refractivity contribution is 0.0666. The van der Waals surface area contributed by atoms with Crippen LogP contribution in [0, 0.1) is 12.8 Å². The van der Waals surface area contributed by atoms with Crippen molar-refractivity contribution < 1.29 is 4.79 Å². The van der Waals surface area contributed by atoms with Gasteiger partial charge < -0.3 is 10.6 Å². The first-order valence-electron chi connectivity index (χ1n) is 5.91. The van der Waals surface area contributed by atoms with E-state index >= 15 is 0 Å². The third-order valence-electron chi connectivity index (χ3n) is 3.30. The average Bonchev–Trinajstić information content (AvgIpc) is 2.33. The number of nitrogens with two attached hydrogens (primary N) is 1. The Hall–Kier alpha value is -1.49. The first-order chi connectivity index (χ1) is 8.08. The third kappa shape index (κ3) is 2.61. The van der Waals surface area contributed by atoms with Crippen LogP contribution in [0.4, 0.5) is 0 Å². The number of aromatic nitrogens is 2. The average molecular weight is 234 g/mol. The third-order valence-corrected chi connectivity index (χ3v) is 3.30. The van der Waals surface area contributed by atoms with E-state index in [2.05, 4.69) is 16.9 Å². The lowest BCUT2D eigenvalue weighted by Gasteiger charge is -2.34. The van der Waals surface area contributed by atoms with E-state index in [9.17, 15) is 4.79 Å². The lowest BCUT2D eigenvalue weighted by atomic mass is 9.94. The van der Waals surface area contributed by atoms with Crippen molar-refractivity contribution in [1.82, 2.24) is 14.9 Å². The minimum atomic E-state index is -0.0696. The maximum atomic E-state index is 12.1. The van der Waals surface area contributed by atoms with Gasteiger partial charge in [-0.15, -0.1) is 0 Å². The van der Waals surface area contributed by atoms with Gasteiger partial charge in [-0.25, -0.2) is 4.98 Å². The molecule has 0 saturated carbocycles. The Bertz CT molecular complexity index is 403. The molecule has 1 saturated heterocycles. The molecule has 0 bridgehead atoms. The second kappa shape index (κ2) is 4.79. The Morgan fingerprint density at radius 2 is 2.24 bits per heavy atom. The van der Waals surface area contributed by atoms with Crippen molar-refractivity contribution in [2.24, 2.45) is 11.7 Å². The van der Waals surface area contributed by atoms with Crippen molar-refractivity contribution in [3.63, 3.8) is 0 Å². The molecule has 1 amide bonds. The molecule has 5 nitrogen and oxygen atoms in total. The second-order valence-electron chi connectivity index (χ2n) is 4.72. The predicted octanol–water partition coefficient (Wildman–Crippen LogP) is 0.594. The summed E-state index contributed by atoms with van der Waals surface area (Å²) in [7, 11) is 0. The molecule has 5 heteroatoms. The van der Waals surface area contributed by atoms with Crippen LogP contribution in [-0.2, 0) is 0 Å². The van der Waals surface area contributed by atoms with Gasteiger partial charge in [0.2, 0.25) is 0 Å². The van der Waals surface area contributed by atoms with Gasteiger partial charge in [0.15, 0.2) is 0 Å². The summed E-state index contributed by atoms with van der Waals surface area (Å²) in [5.41, 5.74) is 7.19. The number of hydrogen-bond donors (Lipinski definition) is 1. The summed E-state index contributed by atoms with van der Waals surface area (Å²) in [5.74, 6) is 0.406. The minimum Gasteiger partial charge on any atom is -0.336 e. The molecule has 1 aliphatic rings. The molecule has 1 aliphatic heterocycles. The van der Waals surface area contributed by atoms with E-state index in [1.54, 1.807) is 11.1 Å². The van der Waals surface area contributed by atoms with Crippen molar-refractivity contribution in [2.75, 3.05) is 13.1 Å². The molecule has 0 aliphatic carbocycles. The summed E-state index contributed by atoms with van der Waals surface area (Å²) in [6.45, 7) is 5.33. The molecule has 0 spiro atoms. The van der Waals surface area contributed by atoms with Crippen LogP contribution in [0.3, 0.4) is 0 Å². The highest BCUT2D eigenvalue weighted by atomic mass is 16.2. The normalized spacial score (nSPS) is 24.8. The molecule has 1 fully saturated rings. The highest BCUT2D eigenvalue weighted by Gasteiger charge is 2.27. The zero-order chi connectivity index (χ0) is 12.4. The molecule has 2 rings (SSSR count). The molecule has 2 N–H and O–H groups in total.